The maximum atomic E-state index is 12.0. The molecule has 9 heteroatoms. The van der Waals surface area contributed by atoms with Crippen LogP contribution < -0.4 is 4.90 Å². The first-order chi connectivity index (χ1) is 10.8. The zero-order valence-corrected chi connectivity index (χ0v) is 14.8. The number of aromatic nitrogens is 2. The zero-order chi connectivity index (χ0) is 16.6. The maximum Gasteiger partial charge on any atom is 0.237 e. The van der Waals surface area contributed by atoms with Crippen LogP contribution >= 0.6 is 26.6 Å². The van der Waals surface area contributed by atoms with Gasteiger partial charge < -0.3 is 0 Å². The summed E-state index contributed by atoms with van der Waals surface area (Å²) in [7, 11) is 1.55. The number of hydrogen-bond acceptors (Lipinski definition) is 5. The molecule has 1 aliphatic rings. The molecule has 6 nitrogen and oxygen atoms in total. The van der Waals surface area contributed by atoms with Crippen molar-refractivity contribution in [2.45, 2.75) is 11.7 Å². The summed E-state index contributed by atoms with van der Waals surface area (Å²) in [5.41, 5.74) is 1.50. The van der Waals surface area contributed by atoms with Crippen LogP contribution in [0.4, 0.5) is 5.95 Å². The molecule has 0 bridgehead atoms. The number of halogens is 2. The van der Waals surface area contributed by atoms with E-state index in [0.29, 0.717) is 5.69 Å². The van der Waals surface area contributed by atoms with E-state index in [4.69, 9.17) is 10.7 Å². The topological polar surface area (TPSA) is 80.2 Å². The van der Waals surface area contributed by atoms with E-state index in [1.807, 2.05) is 24.3 Å². The molecule has 0 spiro atoms. The van der Waals surface area contributed by atoms with Gasteiger partial charge in [0.15, 0.2) is 0 Å². The van der Waals surface area contributed by atoms with Gasteiger partial charge in [0.05, 0.1) is 5.69 Å². The van der Waals surface area contributed by atoms with Crippen LogP contribution in [0, 0.1) is 0 Å². The zero-order valence-electron chi connectivity index (χ0n) is 11.7. The first-order valence-electron chi connectivity index (χ1n) is 6.67. The third-order valence-corrected chi connectivity index (χ3v) is 5.85. The second-order valence-corrected chi connectivity index (χ2v) is 8.88. The molecule has 1 fully saturated rings. The summed E-state index contributed by atoms with van der Waals surface area (Å²) in [4.78, 5) is 21.8. The van der Waals surface area contributed by atoms with E-state index < -0.39 is 14.3 Å². The van der Waals surface area contributed by atoms with Crippen molar-refractivity contribution in [2.75, 3.05) is 11.4 Å². The molecule has 0 aliphatic carbocycles. The average Bonchev–Trinajstić information content (AvgIpc) is 2.90. The average molecular weight is 417 g/mol. The predicted molar refractivity (Wildman–Crippen MR) is 90.7 cm³/mol. The normalized spacial score (nSPS) is 18.4. The Labute approximate surface area is 146 Å². The van der Waals surface area contributed by atoms with E-state index in [9.17, 15) is 13.2 Å². The van der Waals surface area contributed by atoms with Crippen molar-refractivity contribution in [2.24, 2.45) is 0 Å². The number of carbonyl (C=O) groups excluding carboxylic acids is 1. The minimum atomic E-state index is -3.80. The van der Waals surface area contributed by atoms with Gasteiger partial charge in [-0.2, -0.15) is 0 Å². The highest BCUT2D eigenvalue weighted by atomic mass is 79.9. The first kappa shape index (κ1) is 16.4. The SMILES string of the molecule is O=C1CC(S(=O)(=O)Cl)CN1c1nccc(-c2cccc(Br)c2)n1. The Balaban J connectivity index is 1.93. The molecule has 2 heterocycles. The smallest absolute Gasteiger partial charge is 0.237 e. The van der Waals surface area contributed by atoms with E-state index in [0.717, 1.165) is 10.0 Å². The van der Waals surface area contributed by atoms with Crippen LogP contribution in [0.15, 0.2) is 41.0 Å². The summed E-state index contributed by atoms with van der Waals surface area (Å²) in [6.07, 6.45) is 1.38. The molecule has 1 aromatic carbocycles. The molecule has 0 saturated carbocycles. The van der Waals surface area contributed by atoms with Gasteiger partial charge in [-0.05, 0) is 18.2 Å². The number of amides is 1. The highest BCUT2D eigenvalue weighted by Gasteiger charge is 2.39. The van der Waals surface area contributed by atoms with Crippen molar-refractivity contribution in [3.05, 3.63) is 41.0 Å². The fourth-order valence-electron chi connectivity index (χ4n) is 2.34. The van der Waals surface area contributed by atoms with Crippen LogP contribution in [0.3, 0.4) is 0 Å². The third-order valence-electron chi connectivity index (χ3n) is 3.49. The molecule has 1 amide bonds. The summed E-state index contributed by atoms with van der Waals surface area (Å²) >= 11 is 3.39. The molecule has 1 saturated heterocycles. The van der Waals surface area contributed by atoms with E-state index in [2.05, 4.69) is 25.9 Å². The van der Waals surface area contributed by atoms with Crippen molar-refractivity contribution in [3.8, 4) is 11.3 Å². The van der Waals surface area contributed by atoms with Gasteiger partial charge in [-0.1, -0.05) is 28.1 Å². The van der Waals surface area contributed by atoms with Gasteiger partial charge in [-0.25, -0.2) is 18.4 Å². The first-order valence-corrected chi connectivity index (χ1v) is 9.84. The summed E-state index contributed by atoms with van der Waals surface area (Å²) in [6, 6.07) is 9.27. The number of nitrogens with zero attached hydrogens (tertiary/aromatic N) is 3. The largest absolute Gasteiger partial charge is 0.279 e. The van der Waals surface area contributed by atoms with Crippen LogP contribution in [0.25, 0.3) is 11.3 Å². The highest BCUT2D eigenvalue weighted by Crippen LogP contribution is 2.27. The summed E-state index contributed by atoms with van der Waals surface area (Å²) in [5.74, 6) is -0.180. The number of benzene rings is 1. The summed E-state index contributed by atoms with van der Waals surface area (Å²) in [6.45, 7) is -0.0351. The van der Waals surface area contributed by atoms with E-state index >= 15 is 0 Å². The lowest BCUT2D eigenvalue weighted by atomic mass is 10.1. The van der Waals surface area contributed by atoms with Gasteiger partial charge in [0.25, 0.3) is 0 Å². The highest BCUT2D eigenvalue weighted by molar-refractivity contribution is 9.10. The molecular weight excluding hydrogens is 406 g/mol. The molecule has 1 aliphatic heterocycles. The van der Waals surface area contributed by atoms with Gasteiger partial charge in [0.1, 0.15) is 5.25 Å². The standard InChI is InChI=1S/C14H11BrClN3O3S/c15-10-3-1-2-9(6-10)12-4-5-17-14(18-12)19-8-11(7-13(19)20)23(16,21)22/h1-6,11H,7-8H2. The lowest BCUT2D eigenvalue weighted by Gasteiger charge is -2.14. The Bertz CT molecular complexity index is 875. The van der Waals surface area contributed by atoms with E-state index in [-0.39, 0.29) is 24.8 Å². The van der Waals surface area contributed by atoms with Crippen molar-refractivity contribution in [1.29, 1.82) is 0 Å². The Morgan fingerprint density at radius 2 is 2.09 bits per heavy atom. The molecule has 1 aromatic heterocycles. The lowest BCUT2D eigenvalue weighted by Crippen LogP contribution is -2.28. The Hall–Kier alpha value is -1.51. The number of hydrogen-bond donors (Lipinski definition) is 0. The van der Waals surface area contributed by atoms with Crippen LogP contribution in [-0.2, 0) is 13.8 Å². The summed E-state index contributed by atoms with van der Waals surface area (Å²) in [5, 5.41) is -0.935. The van der Waals surface area contributed by atoms with Crippen molar-refractivity contribution < 1.29 is 13.2 Å². The molecule has 2 aromatic rings. The molecule has 0 radical (unpaired) electrons. The third kappa shape index (κ3) is 3.54. The number of rotatable bonds is 3. The molecular formula is C14H11BrClN3O3S. The van der Waals surface area contributed by atoms with Gasteiger partial charge in [-0.3, -0.25) is 9.69 Å². The van der Waals surface area contributed by atoms with Crippen LogP contribution in [-0.4, -0.2) is 36.1 Å². The Morgan fingerprint density at radius 3 is 2.74 bits per heavy atom. The summed E-state index contributed by atoms with van der Waals surface area (Å²) < 4.78 is 23.7. The van der Waals surface area contributed by atoms with Crippen LogP contribution in [0.2, 0.25) is 0 Å². The minimum absolute atomic E-state index is 0.0351. The maximum absolute atomic E-state index is 12.0. The van der Waals surface area contributed by atoms with Crippen molar-refractivity contribution >= 4 is 47.5 Å². The molecule has 23 heavy (non-hydrogen) atoms. The fourth-order valence-corrected chi connectivity index (χ4v) is 3.77. The van der Waals surface area contributed by atoms with Crippen molar-refractivity contribution in [1.82, 2.24) is 9.97 Å². The minimum Gasteiger partial charge on any atom is -0.279 e. The van der Waals surface area contributed by atoms with Gasteiger partial charge >= 0.3 is 0 Å². The molecule has 3 rings (SSSR count). The van der Waals surface area contributed by atoms with Gasteiger partial charge in [0, 0.05) is 39.9 Å². The molecule has 0 N–H and O–H groups in total. The predicted octanol–water partition coefficient (Wildman–Crippen LogP) is 2.58. The van der Waals surface area contributed by atoms with Crippen LogP contribution in [0.1, 0.15) is 6.42 Å². The Kier molecular flexibility index (Phi) is 4.39. The van der Waals surface area contributed by atoms with Crippen molar-refractivity contribution in [3.63, 3.8) is 0 Å². The molecule has 120 valence electrons. The Morgan fingerprint density at radius 1 is 1.30 bits per heavy atom. The van der Waals surface area contributed by atoms with E-state index in [1.54, 1.807) is 6.07 Å². The van der Waals surface area contributed by atoms with Crippen LogP contribution in [0.5, 0.6) is 0 Å². The number of carbonyl (C=O) groups is 1. The second-order valence-electron chi connectivity index (χ2n) is 5.06. The quantitative estimate of drug-likeness (QED) is 0.719. The second kappa shape index (κ2) is 6.18. The molecule has 1 atom stereocenters. The lowest BCUT2D eigenvalue weighted by molar-refractivity contribution is -0.117. The van der Waals surface area contributed by atoms with Gasteiger partial charge in [0.2, 0.25) is 20.9 Å². The van der Waals surface area contributed by atoms with E-state index in [1.165, 1.54) is 11.1 Å². The monoisotopic (exact) mass is 415 g/mol. The molecule has 1 unspecified atom stereocenters. The van der Waals surface area contributed by atoms with Gasteiger partial charge in [-0.15, -0.1) is 0 Å². The fraction of sp³-hybridized carbons (Fsp3) is 0.214. The number of anilines is 1.